The number of carbonyl (C=O) groups is 1. The molecule has 2 heteroatoms. The zero-order valence-corrected chi connectivity index (χ0v) is 13.6. The van der Waals surface area contributed by atoms with Crippen LogP contribution in [0, 0.1) is 18.3 Å². The van der Waals surface area contributed by atoms with E-state index in [0.29, 0.717) is 12.3 Å². The Labute approximate surface area is 123 Å². The van der Waals surface area contributed by atoms with Gasteiger partial charge in [-0.15, -0.1) is 0 Å². The van der Waals surface area contributed by atoms with Crippen molar-refractivity contribution in [2.45, 2.75) is 59.9 Å². The molecular formula is C18H29NO. The van der Waals surface area contributed by atoms with E-state index in [0.717, 1.165) is 12.8 Å². The first-order chi connectivity index (χ1) is 9.20. The van der Waals surface area contributed by atoms with Crippen LogP contribution in [0.5, 0.6) is 0 Å². The summed E-state index contributed by atoms with van der Waals surface area (Å²) in [6, 6.07) is 8.40. The molecule has 1 aromatic carbocycles. The van der Waals surface area contributed by atoms with Crippen LogP contribution in [0.4, 0.5) is 0 Å². The Kier molecular flexibility index (Phi) is 5.94. The predicted molar refractivity (Wildman–Crippen MR) is 85.7 cm³/mol. The van der Waals surface area contributed by atoms with Gasteiger partial charge < -0.3 is 5.73 Å². The molecule has 1 aromatic rings. The second-order valence-corrected chi connectivity index (χ2v) is 7.06. The second kappa shape index (κ2) is 7.03. The highest BCUT2D eigenvalue weighted by Gasteiger charge is 2.28. The molecule has 20 heavy (non-hydrogen) atoms. The van der Waals surface area contributed by atoms with Gasteiger partial charge >= 0.3 is 0 Å². The second-order valence-electron chi connectivity index (χ2n) is 7.06. The first-order valence-corrected chi connectivity index (χ1v) is 7.55. The number of hydrogen-bond donors (Lipinski definition) is 1. The van der Waals surface area contributed by atoms with Gasteiger partial charge in [-0.3, -0.25) is 4.79 Å². The third-order valence-electron chi connectivity index (χ3n) is 3.74. The maximum Gasteiger partial charge on any atom is 0.140 e. The molecule has 0 aromatic heterocycles. The SMILES string of the molecule is Cc1ccc(CC(C)(C)C(=O)CC(N)CC(C)C)cc1. The fourth-order valence-corrected chi connectivity index (χ4v) is 2.52. The average Bonchev–Trinajstić information content (AvgIpc) is 2.30. The van der Waals surface area contributed by atoms with Crippen molar-refractivity contribution in [3.63, 3.8) is 0 Å². The first-order valence-electron chi connectivity index (χ1n) is 7.55. The minimum atomic E-state index is -0.343. The van der Waals surface area contributed by atoms with Crippen LogP contribution in [-0.4, -0.2) is 11.8 Å². The zero-order valence-electron chi connectivity index (χ0n) is 13.6. The van der Waals surface area contributed by atoms with Crippen LogP contribution in [0.3, 0.4) is 0 Å². The molecule has 0 saturated carbocycles. The predicted octanol–water partition coefficient (Wildman–Crippen LogP) is 3.90. The molecule has 2 N–H and O–H groups in total. The van der Waals surface area contributed by atoms with E-state index in [4.69, 9.17) is 5.73 Å². The largest absolute Gasteiger partial charge is 0.327 e. The van der Waals surface area contributed by atoms with E-state index in [1.165, 1.54) is 11.1 Å². The summed E-state index contributed by atoms with van der Waals surface area (Å²) < 4.78 is 0. The highest BCUT2D eigenvalue weighted by molar-refractivity contribution is 5.84. The van der Waals surface area contributed by atoms with Gasteiger partial charge in [-0.2, -0.15) is 0 Å². The molecule has 0 heterocycles. The molecule has 0 spiro atoms. The molecule has 112 valence electrons. The molecule has 0 amide bonds. The number of Topliss-reactive ketones (excluding diaryl/α,β-unsaturated/α-hetero) is 1. The van der Waals surface area contributed by atoms with Gasteiger partial charge in [0.1, 0.15) is 5.78 Å². The van der Waals surface area contributed by atoms with E-state index < -0.39 is 0 Å². The Hall–Kier alpha value is -1.15. The normalized spacial score (nSPS) is 13.6. The highest BCUT2D eigenvalue weighted by Crippen LogP contribution is 2.26. The first kappa shape index (κ1) is 16.9. The Balaban J connectivity index is 2.62. The van der Waals surface area contributed by atoms with Gasteiger partial charge in [0.2, 0.25) is 0 Å². The molecule has 0 radical (unpaired) electrons. The van der Waals surface area contributed by atoms with Gasteiger partial charge in [-0.1, -0.05) is 57.5 Å². The fourth-order valence-electron chi connectivity index (χ4n) is 2.52. The molecular weight excluding hydrogens is 246 g/mol. The lowest BCUT2D eigenvalue weighted by Crippen LogP contribution is -2.34. The number of aryl methyl sites for hydroxylation is 1. The lowest BCUT2D eigenvalue weighted by atomic mass is 9.79. The lowest BCUT2D eigenvalue weighted by Gasteiger charge is -2.25. The number of rotatable bonds is 7. The smallest absolute Gasteiger partial charge is 0.140 e. The van der Waals surface area contributed by atoms with Gasteiger partial charge in [0.15, 0.2) is 0 Å². The molecule has 1 rings (SSSR count). The van der Waals surface area contributed by atoms with Crippen molar-refractivity contribution in [1.29, 1.82) is 0 Å². The van der Waals surface area contributed by atoms with Crippen molar-refractivity contribution in [2.24, 2.45) is 17.1 Å². The topological polar surface area (TPSA) is 43.1 Å². The summed E-state index contributed by atoms with van der Waals surface area (Å²) in [7, 11) is 0. The van der Waals surface area contributed by atoms with E-state index in [2.05, 4.69) is 45.0 Å². The molecule has 0 saturated heterocycles. The number of carbonyl (C=O) groups excluding carboxylic acids is 1. The van der Waals surface area contributed by atoms with E-state index in [-0.39, 0.29) is 17.2 Å². The average molecular weight is 275 g/mol. The Bertz CT molecular complexity index is 431. The third kappa shape index (κ3) is 5.46. The Morgan fingerprint density at radius 3 is 2.25 bits per heavy atom. The number of benzene rings is 1. The maximum atomic E-state index is 12.4. The van der Waals surface area contributed by atoms with Gasteiger partial charge in [0.25, 0.3) is 0 Å². The van der Waals surface area contributed by atoms with Crippen molar-refractivity contribution in [2.75, 3.05) is 0 Å². The fraction of sp³-hybridized carbons (Fsp3) is 0.611. The number of hydrogen-bond acceptors (Lipinski definition) is 2. The summed E-state index contributed by atoms with van der Waals surface area (Å²) in [4.78, 5) is 12.4. The van der Waals surface area contributed by atoms with Crippen molar-refractivity contribution < 1.29 is 4.79 Å². The van der Waals surface area contributed by atoms with Crippen molar-refractivity contribution in [3.8, 4) is 0 Å². The molecule has 0 aliphatic heterocycles. The van der Waals surface area contributed by atoms with E-state index in [1.807, 2.05) is 13.8 Å². The molecule has 0 bridgehead atoms. The number of ketones is 1. The summed E-state index contributed by atoms with van der Waals surface area (Å²) >= 11 is 0. The molecule has 0 aliphatic carbocycles. The van der Waals surface area contributed by atoms with Crippen molar-refractivity contribution in [1.82, 2.24) is 0 Å². The van der Waals surface area contributed by atoms with Gasteiger partial charge in [0, 0.05) is 17.9 Å². The summed E-state index contributed by atoms with van der Waals surface area (Å²) in [6.45, 7) is 10.4. The van der Waals surface area contributed by atoms with Gasteiger partial charge in [-0.05, 0) is 31.2 Å². The van der Waals surface area contributed by atoms with E-state index >= 15 is 0 Å². The Morgan fingerprint density at radius 1 is 1.20 bits per heavy atom. The van der Waals surface area contributed by atoms with Gasteiger partial charge in [0.05, 0.1) is 0 Å². The summed E-state index contributed by atoms with van der Waals surface area (Å²) in [5.74, 6) is 0.809. The minimum Gasteiger partial charge on any atom is -0.327 e. The van der Waals surface area contributed by atoms with Crippen LogP contribution in [0.1, 0.15) is 51.7 Å². The van der Waals surface area contributed by atoms with Crippen LogP contribution in [0.2, 0.25) is 0 Å². The third-order valence-corrected chi connectivity index (χ3v) is 3.74. The zero-order chi connectivity index (χ0) is 15.3. The molecule has 2 nitrogen and oxygen atoms in total. The van der Waals surface area contributed by atoms with Crippen LogP contribution >= 0.6 is 0 Å². The summed E-state index contributed by atoms with van der Waals surface area (Å²) in [5, 5.41) is 0. The quantitative estimate of drug-likeness (QED) is 0.820. The van der Waals surface area contributed by atoms with E-state index in [9.17, 15) is 4.79 Å². The van der Waals surface area contributed by atoms with Gasteiger partial charge in [-0.25, -0.2) is 0 Å². The molecule has 1 unspecified atom stereocenters. The Morgan fingerprint density at radius 2 is 1.75 bits per heavy atom. The summed E-state index contributed by atoms with van der Waals surface area (Å²) in [5.41, 5.74) is 8.18. The van der Waals surface area contributed by atoms with Crippen LogP contribution in [0.25, 0.3) is 0 Å². The minimum absolute atomic E-state index is 0.0141. The molecule has 1 atom stereocenters. The summed E-state index contributed by atoms with van der Waals surface area (Å²) in [6.07, 6.45) is 2.17. The van der Waals surface area contributed by atoms with Crippen LogP contribution in [0.15, 0.2) is 24.3 Å². The molecule has 0 fully saturated rings. The number of nitrogens with two attached hydrogens (primary N) is 1. The van der Waals surface area contributed by atoms with Crippen molar-refractivity contribution in [3.05, 3.63) is 35.4 Å². The van der Waals surface area contributed by atoms with Crippen molar-refractivity contribution >= 4 is 5.78 Å². The van der Waals surface area contributed by atoms with Crippen LogP contribution < -0.4 is 5.73 Å². The monoisotopic (exact) mass is 275 g/mol. The lowest BCUT2D eigenvalue weighted by molar-refractivity contribution is -0.127. The maximum absolute atomic E-state index is 12.4. The van der Waals surface area contributed by atoms with E-state index in [1.54, 1.807) is 0 Å². The molecule has 0 aliphatic rings. The highest BCUT2D eigenvalue weighted by atomic mass is 16.1. The standard InChI is InChI=1S/C18H29NO/c1-13(2)10-16(19)11-17(20)18(4,5)12-15-8-6-14(3)7-9-15/h6-9,13,16H,10-12,19H2,1-5H3. The van der Waals surface area contributed by atoms with Crippen LogP contribution in [-0.2, 0) is 11.2 Å².